The SMILES string of the molecule is Cc1ccc(/C=N/n2c(=O)n(-c3ccccc3)c(=O)n(-c3ccccc3)c2=O)cc1. The molecule has 0 aliphatic heterocycles. The van der Waals surface area contributed by atoms with E-state index in [4.69, 9.17) is 0 Å². The molecule has 0 amide bonds. The summed E-state index contributed by atoms with van der Waals surface area (Å²) >= 11 is 0. The topological polar surface area (TPSA) is 78.4 Å². The minimum Gasteiger partial charge on any atom is -0.246 e. The zero-order chi connectivity index (χ0) is 21.1. The number of aryl methyl sites for hydroxylation is 1. The molecular formula is C23H18N4O3. The molecule has 0 fully saturated rings. The van der Waals surface area contributed by atoms with Crippen molar-refractivity contribution >= 4 is 6.21 Å². The molecular weight excluding hydrogens is 380 g/mol. The van der Waals surface area contributed by atoms with Crippen LogP contribution < -0.4 is 17.1 Å². The van der Waals surface area contributed by atoms with E-state index in [1.165, 1.54) is 6.21 Å². The maximum atomic E-state index is 13.1. The second kappa shape index (κ2) is 8.00. The Hall–Kier alpha value is -4.26. The van der Waals surface area contributed by atoms with Crippen molar-refractivity contribution in [2.24, 2.45) is 5.10 Å². The monoisotopic (exact) mass is 398 g/mol. The van der Waals surface area contributed by atoms with Crippen LogP contribution in [0, 0.1) is 6.92 Å². The van der Waals surface area contributed by atoms with Gasteiger partial charge in [0.25, 0.3) is 0 Å². The van der Waals surface area contributed by atoms with Gasteiger partial charge in [-0.15, -0.1) is 4.68 Å². The first kappa shape index (κ1) is 19.1. The molecule has 0 saturated heterocycles. The number of aromatic nitrogens is 3. The average Bonchev–Trinajstić information content (AvgIpc) is 2.76. The highest BCUT2D eigenvalue weighted by Crippen LogP contribution is 2.04. The molecule has 148 valence electrons. The van der Waals surface area contributed by atoms with E-state index in [-0.39, 0.29) is 0 Å². The van der Waals surface area contributed by atoms with Gasteiger partial charge in [-0.2, -0.15) is 5.10 Å². The van der Waals surface area contributed by atoms with E-state index in [0.717, 1.165) is 20.3 Å². The lowest BCUT2D eigenvalue weighted by Gasteiger charge is -2.11. The predicted molar refractivity (Wildman–Crippen MR) is 116 cm³/mol. The summed E-state index contributed by atoms with van der Waals surface area (Å²) in [5, 5.41) is 4.10. The van der Waals surface area contributed by atoms with Crippen LogP contribution in [0.4, 0.5) is 0 Å². The maximum Gasteiger partial charge on any atom is 0.362 e. The maximum absolute atomic E-state index is 13.1. The summed E-state index contributed by atoms with van der Waals surface area (Å²) in [5.41, 5.74) is 0.0413. The lowest BCUT2D eigenvalue weighted by molar-refractivity contribution is 0.607. The standard InChI is InChI=1S/C23H18N4O3/c1-17-12-14-18(15-13-17)16-24-27-22(29)25(19-8-4-2-5-9-19)21(28)26(23(27)30)20-10-6-3-7-11-20/h2-16H,1H3/b24-16+. The number of hydrogen-bond acceptors (Lipinski definition) is 4. The Morgan fingerprint density at radius 1 is 0.633 bits per heavy atom. The van der Waals surface area contributed by atoms with Gasteiger partial charge in [-0.05, 0) is 36.8 Å². The fraction of sp³-hybridized carbons (Fsp3) is 0.0435. The lowest BCUT2D eigenvalue weighted by atomic mass is 10.2. The smallest absolute Gasteiger partial charge is 0.246 e. The summed E-state index contributed by atoms with van der Waals surface area (Å²) in [6, 6.07) is 24.3. The van der Waals surface area contributed by atoms with Crippen LogP contribution in [-0.4, -0.2) is 20.0 Å². The molecule has 1 heterocycles. The summed E-state index contributed by atoms with van der Waals surface area (Å²) in [7, 11) is 0. The first-order valence-electron chi connectivity index (χ1n) is 9.29. The molecule has 0 spiro atoms. The summed E-state index contributed by atoms with van der Waals surface area (Å²) in [4.78, 5) is 39.3. The number of para-hydroxylation sites is 2. The third-order valence-corrected chi connectivity index (χ3v) is 4.56. The van der Waals surface area contributed by atoms with Crippen LogP contribution in [0.15, 0.2) is 104 Å². The van der Waals surface area contributed by atoms with Crippen molar-refractivity contribution in [1.29, 1.82) is 0 Å². The Morgan fingerprint density at radius 2 is 1.10 bits per heavy atom. The normalized spacial score (nSPS) is 11.1. The molecule has 30 heavy (non-hydrogen) atoms. The van der Waals surface area contributed by atoms with Crippen molar-refractivity contribution < 1.29 is 0 Å². The van der Waals surface area contributed by atoms with Gasteiger partial charge in [-0.1, -0.05) is 66.2 Å². The zero-order valence-corrected chi connectivity index (χ0v) is 16.2. The largest absolute Gasteiger partial charge is 0.362 e. The fourth-order valence-corrected chi connectivity index (χ4v) is 3.01. The van der Waals surface area contributed by atoms with Gasteiger partial charge in [0.2, 0.25) is 0 Å². The van der Waals surface area contributed by atoms with Crippen molar-refractivity contribution in [2.45, 2.75) is 6.92 Å². The highest BCUT2D eigenvalue weighted by atomic mass is 16.2. The molecule has 4 aromatic rings. The van der Waals surface area contributed by atoms with Crippen LogP contribution >= 0.6 is 0 Å². The van der Waals surface area contributed by atoms with Crippen LogP contribution in [0.1, 0.15) is 11.1 Å². The molecule has 0 atom stereocenters. The second-order valence-electron chi connectivity index (χ2n) is 6.66. The molecule has 0 saturated carbocycles. The molecule has 0 N–H and O–H groups in total. The third kappa shape index (κ3) is 3.56. The summed E-state index contributed by atoms with van der Waals surface area (Å²) in [6.45, 7) is 1.96. The highest BCUT2D eigenvalue weighted by Gasteiger charge is 2.17. The molecule has 3 aromatic carbocycles. The van der Waals surface area contributed by atoms with Gasteiger partial charge >= 0.3 is 17.1 Å². The van der Waals surface area contributed by atoms with Gasteiger partial charge in [0.1, 0.15) is 0 Å². The average molecular weight is 398 g/mol. The Bertz CT molecular complexity index is 1300. The molecule has 4 rings (SSSR count). The van der Waals surface area contributed by atoms with Crippen molar-refractivity contribution in [3.05, 3.63) is 128 Å². The van der Waals surface area contributed by atoms with Crippen molar-refractivity contribution in [2.75, 3.05) is 0 Å². The van der Waals surface area contributed by atoms with Gasteiger partial charge in [0.15, 0.2) is 0 Å². The first-order valence-corrected chi connectivity index (χ1v) is 9.29. The summed E-state index contributed by atoms with van der Waals surface area (Å²) in [6.07, 6.45) is 1.41. The van der Waals surface area contributed by atoms with Crippen LogP contribution in [0.2, 0.25) is 0 Å². The summed E-state index contributed by atoms with van der Waals surface area (Å²) < 4.78 is 2.56. The molecule has 0 aliphatic carbocycles. The van der Waals surface area contributed by atoms with Crippen LogP contribution in [0.25, 0.3) is 11.4 Å². The van der Waals surface area contributed by atoms with E-state index in [2.05, 4.69) is 5.10 Å². The molecule has 1 aromatic heterocycles. The molecule has 7 nitrogen and oxygen atoms in total. The van der Waals surface area contributed by atoms with Gasteiger partial charge < -0.3 is 0 Å². The molecule has 0 aliphatic rings. The Morgan fingerprint density at radius 3 is 1.57 bits per heavy atom. The van der Waals surface area contributed by atoms with Gasteiger partial charge in [0, 0.05) is 0 Å². The first-order chi connectivity index (χ1) is 14.6. The van der Waals surface area contributed by atoms with Crippen LogP contribution in [0.5, 0.6) is 0 Å². The number of rotatable bonds is 4. The zero-order valence-electron chi connectivity index (χ0n) is 16.2. The molecule has 0 unspecified atom stereocenters. The van der Waals surface area contributed by atoms with E-state index < -0.39 is 17.1 Å². The van der Waals surface area contributed by atoms with Crippen molar-refractivity contribution in [3.63, 3.8) is 0 Å². The van der Waals surface area contributed by atoms with Crippen LogP contribution in [-0.2, 0) is 0 Å². The molecule has 7 heteroatoms. The van der Waals surface area contributed by atoms with Gasteiger partial charge in [0.05, 0.1) is 17.6 Å². The van der Waals surface area contributed by atoms with E-state index in [0.29, 0.717) is 16.1 Å². The van der Waals surface area contributed by atoms with E-state index in [1.807, 2.05) is 31.2 Å². The van der Waals surface area contributed by atoms with Crippen molar-refractivity contribution in [3.8, 4) is 11.4 Å². The number of hydrogen-bond donors (Lipinski definition) is 0. The number of nitrogens with zero attached hydrogens (tertiary/aromatic N) is 4. The second-order valence-corrected chi connectivity index (χ2v) is 6.66. The lowest BCUT2D eigenvalue weighted by Crippen LogP contribution is -2.52. The molecule has 0 bridgehead atoms. The van der Waals surface area contributed by atoms with E-state index in [1.54, 1.807) is 60.7 Å². The Balaban J connectivity index is 2.00. The Labute approximate surface area is 171 Å². The highest BCUT2D eigenvalue weighted by molar-refractivity contribution is 5.79. The predicted octanol–water partition coefficient (Wildman–Crippen LogP) is 2.34. The fourth-order valence-electron chi connectivity index (χ4n) is 3.01. The Kier molecular flexibility index (Phi) is 5.09. The van der Waals surface area contributed by atoms with Crippen molar-refractivity contribution in [1.82, 2.24) is 13.8 Å². The van der Waals surface area contributed by atoms with Gasteiger partial charge in [-0.25, -0.2) is 23.5 Å². The number of benzene rings is 3. The van der Waals surface area contributed by atoms with E-state index >= 15 is 0 Å². The van der Waals surface area contributed by atoms with E-state index in [9.17, 15) is 14.4 Å². The van der Waals surface area contributed by atoms with Crippen LogP contribution in [0.3, 0.4) is 0 Å². The van der Waals surface area contributed by atoms with Gasteiger partial charge in [-0.3, -0.25) is 0 Å². The third-order valence-electron chi connectivity index (χ3n) is 4.56. The molecule has 0 radical (unpaired) electrons. The minimum atomic E-state index is -0.841. The minimum absolute atomic E-state index is 0.344. The quantitative estimate of drug-likeness (QED) is 0.495. The summed E-state index contributed by atoms with van der Waals surface area (Å²) in [5.74, 6) is 0.